The van der Waals surface area contributed by atoms with Gasteiger partial charge in [0.15, 0.2) is 0 Å². The average Bonchev–Trinajstić information content (AvgIpc) is 2.58. The molecule has 104 valence electrons. The maximum atomic E-state index is 12.0. The van der Waals surface area contributed by atoms with Gasteiger partial charge in [-0.3, -0.25) is 4.21 Å². The van der Waals surface area contributed by atoms with Crippen LogP contribution in [-0.4, -0.2) is 56.9 Å². The Morgan fingerprint density at radius 3 is 2.67 bits per heavy atom. The van der Waals surface area contributed by atoms with Crippen LogP contribution in [0.3, 0.4) is 0 Å². The smallest absolute Gasteiger partial charge is 0.326 e. The maximum Gasteiger partial charge on any atom is 0.326 e. The van der Waals surface area contributed by atoms with Crippen molar-refractivity contribution >= 4 is 22.8 Å². The van der Waals surface area contributed by atoms with Gasteiger partial charge < -0.3 is 15.3 Å². The van der Waals surface area contributed by atoms with E-state index in [0.29, 0.717) is 18.7 Å². The van der Waals surface area contributed by atoms with Gasteiger partial charge in [0.25, 0.3) is 0 Å². The van der Waals surface area contributed by atoms with Gasteiger partial charge in [-0.15, -0.1) is 0 Å². The topological polar surface area (TPSA) is 86.7 Å². The molecule has 0 aromatic rings. The third-order valence-corrected chi connectivity index (χ3v) is 4.04. The van der Waals surface area contributed by atoms with Crippen LogP contribution in [-0.2, 0) is 15.6 Å². The number of hydrogen-bond donors (Lipinski definition) is 2. The molecule has 6 nitrogen and oxygen atoms in total. The summed E-state index contributed by atoms with van der Waals surface area (Å²) in [6, 6.07) is -1.37. The fourth-order valence-corrected chi connectivity index (χ4v) is 3.03. The first kappa shape index (κ1) is 14.9. The minimum atomic E-state index is -0.988. The van der Waals surface area contributed by atoms with Crippen LogP contribution in [0.25, 0.3) is 0 Å². The molecule has 1 saturated heterocycles. The van der Waals surface area contributed by atoms with Crippen LogP contribution < -0.4 is 5.32 Å². The molecular weight excluding hydrogens is 256 g/mol. The molecule has 1 rings (SSSR count). The second-order valence-corrected chi connectivity index (χ2v) is 6.31. The number of carboxylic acids is 1. The Kier molecular flexibility index (Phi) is 5.13. The Balaban J connectivity index is 2.61. The van der Waals surface area contributed by atoms with Crippen molar-refractivity contribution in [3.05, 3.63) is 0 Å². The molecule has 2 N–H and O–H groups in total. The van der Waals surface area contributed by atoms with Gasteiger partial charge >= 0.3 is 12.0 Å². The summed E-state index contributed by atoms with van der Waals surface area (Å²) in [5, 5.41) is 11.8. The first-order valence-electron chi connectivity index (χ1n) is 5.93. The highest BCUT2D eigenvalue weighted by Crippen LogP contribution is 2.24. The molecule has 0 aliphatic carbocycles. The molecule has 1 heterocycles. The molecule has 0 bridgehead atoms. The second-order valence-electron chi connectivity index (χ2n) is 4.83. The van der Waals surface area contributed by atoms with Gasteiger partial charge in [-0.25, -0.2) is 9.59 Å². The number of carbonyl (C=O) groups excluding carboxylic acids is 1. The summed E-state index contributed by atoms with van der Waals surface area (Å²) in [5.74, 6) is -0.641. The normalized spacial score (nSPS) is 26.7. The van der Waals surface area contributed by atoms with Crippen LogP contribution in [0.2, 0.25) is 0 Å². The highest BCUT2D eigenvalue weighted by atomic mass is 32.2. The lowest BCUT2D eigenvalue weighted by Gasteiger charge is -2.25. The predicted octanol–water partition coefficient (Wildman–Crippen LogP) is 0.258. The molecule has 4 atom stereocenters. The molecule has 0 aromatic heterocycles. The Hall–Kier alpha value is -1.11. The largest absolute Gasteiger partial charge is 0.480 e. The highest BCUT2D eigenvalue weighted by Gasteiger charge is 2.39. The third-order valence-electron chi connectivity index (χ3n) is 3.07. The lowest BCUT2D eigenvalue weighted by molar-refractivity contribution is -0.142. The number of urea groups is 1. The maximum absolute atomic E-state index is 12.0. The number of amides is 2. The summed E-state index contributed by atoms with van der Waals surface area (Å²) in [4.78, 5) is 24.4. The Morgan fingerprint density at radius 2 is 2.17 bits per heavy atom. The van der Waals surface area contributed by atoms with Gasteiger partial charge in [0, 0.05) is 35.4 Å². The van der Waals surface area contributed by atoms with Crippen LogP contribution in [0.15, 0.2) is 0 Å². The monoisotopic (exact) mass is 276 g/mol. The van der Waals surface area contributed by atoms with Crippen LogP contribution in [0.1, 0.15) is 20.3 Å². The average molecular weight is 276 g/mol. The standard InChI is InChI=1S/C11H20N2O4S/c1-7-4-5-13(9(7)10(14)15)11(16)12-8(2)6-18(3)17/h7-9H,4-6H2,1-3H3,(H,12,16)(H,14,15). The van der Waals surface area contributed by atoms with Crippen molar-refractivity contribution in [2.24, 2.45) is 5.92 Å². The molecule has 0 saturated carbocycles. The van der Waals surface area contributed by atoms with Crippen molar-refractivity contribution < 1.29 is 18.9 Å². The van der Waals surface area contributed by atoms with E-state index in [2.05, 4.69) is 5.32 Å². The summed E-state index contributed by atoms with van der Waals surface area (Å²) < 4.78 is 11.0. The first-order valence-corrected chi connectivity index (χ1v) is 7.65. The third kappa shape index (κ3) is 3.69. The van der Waals surface area contributed by atoms with E-state index in [1.807, 2.05) is 6.92 Å². The molecule has 1 aliphatic heterocycles. The molecule has 0 aromatic carbocycles. The van der Waals surface area contributed by atoms with Crippen molar-refractivity contribution in [3.8, 4) is 0 Å². The van der Waals surface area contributed by atoms with E-state index >= 15 is 0 Å². The van der Waals surface area contributed by atoms with E-state index in [0.717, 1.165) is 0 Å². The molecular formula is C11H20N2O4S. The van der Waals surface area contributed by atoms with Crippen LogP contribution >= 0.6 is 0 Å². The Morgan fingerprint density at radius 1 is 1.56 bits per heavy atom. The summed E-state index contributed by atoms with van der Waals surface area (Å²) in [7, 11) is -0.988. The minimum Gasteiger partial charge on any atom is -0.480 e. The zero-order valence-corrected chi connectivity index (χ0v) is 11.7. The summed E-state index contributed by atoms with van der Waals surface area (Å²) in [5.41, 5.74) is 0. The lowest BCUT2D eigenvalue weighted by Crippen LogP contribution is -2.50. The molecule has 0 radical (unpaired) electrons. The number of hydrogen-bond acceptors (Lipinski definition) is 3. The first-order chi connectivity index (χ1) is 8.32. The van der Waals surface area contributed by atoms with Crippen LogP contribution in [0.4, 0.5) is 4.79 Å². The summed E-state index contributed by atoms with van der Waals surface area (Å²) in [6.45, 7) is 4.04. The van der Waals surface area contributed by atoms with E-state index < -0.39 is 22.8 Å². The molecule has 4 unspecified atom stereocenters. The van der Waals surface area contributed by atoms with Crippen molar-refractivity contribution in [2.75, 3.05) is 18.6 Å². The van der Waals surface area contributed by atoms with E-state index in [1.165, 1.54) is 4.90 Å². The lowest BCUT2D eigenvalue weighted by atomic mass is 10.0. The molecule has 1 fully saturated rings. The van der Waals surface area contributed by atoms with Crippen molar-refractivity contribution in [1.82, 2.24) is 10.2 Å². The summed E-state index contributed by atoms with van der Waals surface area (Å²) in [6.07, 6.45) is 2.26. The fraction of sp³-hybridized carbons (Fsp3) is 0.818. The van der Waals surface area contributed by atoms with E-state index in [-0.39, 0.29) is 18.0 Å². The van der Waals surface area contributed by atoms with Gasteiger partial charge in [-0.1, -0.05) is 6.92 Å². The van der Waals surface area contributed by atoms with Gasteiger partial charge in [0.05, 0.1) is 0 Å². The number of nitrogens with zero attached hydrogens (tertiary/aromatic N) is 1. The second kappa shape index (κ2) is 6.17. The Labute approximate surface area is 109 Å². The number of carboxylic acid groups (broad SMARTS) is 1. The van der Waals surface area contributed by atoms with Crippen molar-refractivity contribution in [3.63, 3.8) is 0 Å². The molecule has 18 heavy (non-hydrogen) atoms. The van der Waals surface area contributed by atoms with E-state index in [1.54, 1.807) is 13.2 Å². The van der Waals surface area contributed by atoms with Crippen molar-refractivity contribution in [2.45, 2.75) is 32.4 Å². The summed E-state index contributed by atoms with van der Waals surface area (Å²) >= 11 is 0. The predicted molar refractivity (Wildman–Crippen MR) is 68.8 cm³/mol. The Bertz CT molecular complexity index is 361. The molecule has 0 spiro atoms. The zero-order chi connectivity index (χ0) is 13.9. The fourth-order valence-electron chi connectivity index (χ4n) is 2.24. The van der Waals surface area contributed by atoms with Crippen LogP contribution in [0.5, 0.6) is 0 Å². The van der Waals surface area contributed by atoms with Crippen LogP contribution in [0, 0.1) is 5.92 Å². The van der Waals surface area contributed by atoms with E-state index in [4.69, 9.17) is 5.11 Å². The van der Waals surface area contributed by atoms with Crippen molar-refractivity contribution in [1.29, 1.82) is 0 Å². The number of nitrogens with one attached hydrogen (secondary N) is 1. The highest BCUT2D eigenvalue weighted by molar-refractivity contribution is 7.84. The molecule has 1 aliphatic rings. The molecule has 7 heteroatoms. The quantitative estimate of drug-likeness (QED) is 0.771. The van der Waals surface area contributed by atoms with Gasteiger partial charge in [-0.2, -0.15) is 0 Å². The van der Waals surface area contributed by atoms with Gasteiger partial charge in [0.2, 0.25) is 0 Å². The minimum absolute atomic E-state index is 0.0381. The zero-order valence-electron chi connectivity index (χ0n) is 10.9. The number of aliphatic carboxylic acids is 1. The number of rotatable bonds is 4. The number of carbonyl (C=O) groups is 2. The number of likely N-dealkylation sites (tertiary alicyclic amines) is 1. The van der Waals surface area contributed by atoms with Gasteiger partial charge in [0.1, 0.15) is 6.04 Å². The van der Waals surface area contributed by atoms with Gasteiger partial charge in [-0.05, 0) is 19.3 Å². The SMILES string of the molecule is CC(CS(C)=O)NC(=O)N1CCC(C)C1C(=O)O. The molecule has 2 amide bonds. The van der Waals surface area contributed by atoms with E-state index in [9.17, 15) is 13.8 Å².